The van der Waals surface area contributed by atoms with E-state index in [1.165, 1.54) is 0 Å². The van der Waals surface area contributed by atoms with Gasteiger partial charge in [-0.05, 0) is 73.3 Å². The van der Waals surface area contributed by atoms with Gasteiger partial charge in [-0.3, -0.25) is 0 Å². The standard InChI is InChI=1S/C27H29N.C3H6.C2H6/c1-7-22(8-2)16-15-21(6)26(19(3)4)27(23-12-10-9-11-13-23)24-18-20(5)14-17-25(24)28;1-3-2;1-2/h7-18H,1,3,6,28H2,2,4-5H3;3H,1H2,2H3;1-2H3/b16-15+,22-8+,27-26+;;. The average molecular weight is 440 g/mol. The van der Waals surface area contributed by atoms with E-state index in [1.54, 1.807) is 6.08 Å². The number of allylic oxidation sites excluding steroid dienone is 9. The molecule has 0 saturated carbocycles. The molecule has 33 heavy (non-hydrogen) atoms. The smallest absolute Gasteiger partial charge is 0.0394 e. The fourth-order valence-corrected chi connectivity index (χ4v) is 3.14. The van der Waals surface area contributed by atoms with Crippen molar-refractivity contribution < 1.29 is 0 Å². The van der Waals surface area contributed by atoms with Crippen molar-refractivity contribution in [1.82, 2.24) is 0 Å². The van der Waals surface area contributed by atoms with Crippen LogP contribution < -0.4 is 5.73 Å². The van der Waals surface area contributed by atoms with Gasteiger partial charge in [0.25, 0.3) is 0 Å². The number of benzene rings is 2. The van der Waals surface area contributed by atoms with Gasteiger partial charge in [0.05, 0.1) is 0 Å². The molecule has 0 saturated heterocycles. The van der Waals surface area contributed by atoms with Gasteiger partial charge >= 0.3 is 0 Å². The first-order valence-electron chi connectivity index (χ1n) is 11.4. The molecule has 0 aliphatic rings. The molecule has 2 aromatic carbocycles. The summed E-state index contributed by atoms with van der Waals surface area (Å²) >= 11 is 0. The Morgan fingerprint density at radius 1 is 0.909 bits per heavy atom. The normalized spacial score (nSPS) is 11.3. The summed E-state index contributed by atoms with van der Waals surface area (Å²) in [6.07, 6.45) is 9.61. The SMILES string of the molecule is C=CC.C=CC(/C=C/C(=C)/C(C(=C)C)=C(\c1ccccc1)c1cc(C)ccc1N)=C\C.CC. The minimum absolute atomic E-state index is 0.736. The van der Waals surface area contributed by atoms with Crippen molar-refractivity contribution in [1.29, 1.82) is 0 Å². The van der Waals surface area contributed by atoms with Crippen molar-refractivity contribution in [3.05, 3.63) is 144 Å². The largest absolute Gasteiger partial charge is 0.398 e. The van der Waals surface area contributed by atoms with Crippen LogP contribution in [0.3, 0.4) is 0 Å². The molecular weight excluding hydrogens is 398 g/mol. The monoisotopic (exact) mass is 439 g/mol. The second-order valence-electron chi connectivity index (χ2n) is 7.25. The van der Waals surface area contributed by atoms with Crippen LogP contribution >= 0.6 is 0 Å². The summed E-state index contributed by atoms with van der Waals surface area (Å²) in [5.74, 6) is 0. The quantitative estimate of drug-likeness (QED) is 0.259. The number of rotatable bonds is 7. The molecule has 1 heteroatoms. The van der Waals surface area contributed by atoms with Crippen molar-refractivity contribution in [3.63, 3.8) is 0 Å². The summed E-state index contributed by atoms with van der Waals surface area (Å²) in [7, 11) is 0. The first kappa shape index (κ1) is 29.4. The molecule has 0 unspecified atom stereocenters. The van der Waals surface area contributed by atoms with Crippen molar-refractivity contribution in [3.8, 4) is 0 Å². The third-order valence-electron chi connectivity index (χ3n) is 4.58. The Bertz CT molecular complexity index is 1030. The number of anilines is 1. The van der Waals surface area contributed by atoms with E-state index in [1.807, 2.05) is 89.3 Å². The van der Waals surface area contributed by atoms with Gasteiger partial charge in [0, 0.05) is 11.3 Å². The van der Waals surface area contributed by atoms with Crippen LogP contribution in [0.25, 0.3) is 5.57 Å². The highest BCUT2D eigenvalue weighted by molar-refractivity contribution is 5.92. The molecule has 0 bridgehead atoms. The van der Waals surface area contributed by atoms with E-state index in [4.69, 9.17) is 5.73 Å². The van der Waals surface area contributed by atoms with E-state index in [9.17, 15) is 0 Å². The van der Waals surface area contributed by atoms with Crippen molar-refractivity contribution in [2.24, 2.45) is 0 Å². The van der Waals surface area contributed by atoms with E-state index in [-0.39, 0.29) is 0 Å². The lowest BCUT2D eigenvalue weighted by atomic mass is 9.85. The number of aryl methyl sites for hydroxylation is 1. The van der Waals surface area contributed by atoms with Crippen LogP contribution in [-0.2, 0) is 0 Å². The van der Waals surface area contributed by atoms with Crippen LogP contribution in [0, 0.1) is 6.92 Å². The zero-order valence-electron chi connectivity index (χ0n) is 21.4. The van der Waals surface area contributed by atoms with E-state index in [0.29, 0.717) is 0 Å². The van der Waals surface area contributed by atoms with Crippen molar-refractivity contribution in [2.75, 3.05) is 5.73 Å². The molecule has 0 spiro atoms. The summed E-state index contributed by atoms with van der Waals surface area (Å²) in [6.45, 7) is 27.7. The molecule has 0 amide bonds. The number of hydrogen-bond acceptors (Lipinski definition) is 1. The van der Waals surface area contributed by atoms with Gasteiger partial charge in [0.2, 0.25) is 0 Å². The summed E-state index contributed by atoms with van der Waals surface area (Å²) in [6, 6.07) is 16.4. The lowest BCUT2D eigenvalue weighted by Gasteiger charge is -2.19. The Balaban J connectivity index is 0.00000189. The minimum Gasteiger partial charge on any atom is -0.398 e. The van der Waals surface area contributed by atoms with Gasteiger partial charge in [-0.2, -0.15) is 0 Å². The van der Waals surface area contributed by atoms with Gasteiger partial charge in [0.15, 0.2) is 0 Å². The second kappa shape index (κ2) is 16.1. The molecule has 2 aromatic rings. The highest BCUT2D eigenvalue weighted by atomic mass is 14.6. The summed E-state index contributed by atoms with van der Waals surface area (Å²) in [5.41, 5.74) is 15.3. The van der Waals surface area contributed by atoms with Gasteiger partial charge in [-0.1, -0.05) is 106 Å². The molecule has 0 aromatic heterocycles. The highest BCUT2D eigenvalue weighted by Gasteiger charge is 2.16. The first-order chi connectivity index (χ1) is 15.8. The summed E-state index contributed by atoms with van der Waals surface area (Å²) in [4.78, 5) is 0. The molecule has 2 rings (SSSR count). The molecule has 1 nitrogen and oxygen atoms in total. The van der Waals surface area contributed by atoms with Gasteiger partial charge in [0.1, 0.15) is 0 Å². The Hall–Kier alpha value is -3.58. The predicted octanol–water partition coefficient (Wildman–Crippen LogP) is 9.42. The Morgan fingerprint density at radius 2 is 1.48 bits per heavy atom. The fraction of sp³-hybridized carbons (Fsp3) is 0.188. The molecule has 0 heterocycles. The molecule has 0 radical (unpaired) electrons. The van der Waals surface area contributed by atoms with Crippen molar-refractivity contribution in [2.45, 2.75) is 41.5 Å². The van der Waals surface area contributed by atoms with Crippen LogP contribution in [0.1, 0.15) is 51.3 Å². The van der Waals surface area contributed by atoms with E-state index >= 15 is 0 Å². The zero-order valence-corrected chi connectivity index (χ0v) is 21.4. The highest BCUT2D eigenvalue weighted by Crippen LogP contribution is 2.37. The maximum Gasteiger partial charge on any atom is 0.0394 e. The minimum atomic E-state index is 0.736. The maximum atomic E-state index is 6.40. The van der Waals surface area contributed by atoms with E-state index in [0.717, 1.165) is 50.2 Å². The fourth-order valence-electron chi connectivity index (χ4n) is 3.14. The van der Waals surface area contributed by atoms with Crippen LogP contribution in [0.5, 0.6) is 0 Å². The Morgan fingerprint density at radius 3 is 1.97 bits per heavy atom. The third-order valence-corrected chi connectivity index (χ3v) is 4.58. The van der Waals surface area contributed by atoms with Crippen LogP contribution in [0.4, 0.5) is 5.69 Å². The molecule has 0 atom stereocenters. The first-order valence-corrected chi connectivity index (χ1v) is 11.4. The Labute approximate surface area is 202 Å². The lowest BCUT2D eigenvalue weighted by molar-refractivity contribution is 1.37. The topological polar surface area (TPSA) is 26.0 Å². The Kier molecular flexibility index (Phi) is 14.4. The van der Waals surface area contributed by atoms with Gasteiger partial charge < -0.3 is 5.73 Å². The molecule has 0 fully saturated rings. The lowest BCUT2D eigenvalue weighted by Crippen LogP contribution is -2.02. The molecule has 0 aliphatic carbocycles. The number of nitrogen functional groups attached to an aromatic ring is 1. The average Bonchev–Trinajstić information content (AvgIpc) is 2.82. The number of nitrogens with two attached hydrogens (primary N) is 1. The zero-order chi connectivity index (χ0) is 25.4. The number of hydrogen-bond donors (Lipinski definition) is 1. The second-order valence-corrected chi connectivity index (χ2v) is 7.25. The maximum absolute atomic E-state index is 6.40. The molecule has 174 valence electrons. The third kappa shape index (κ3) is 9.21. The molecule has 0 aliphatic heterocycles. The van der Waals surface area contributed by atoms with Gasteiger partial charge in [-0.25, -0.2) is 0 Å². The summed E-state index contributed by atoms with van der Waals surface area (Å²) in [5, 5.41) is 0. The van der Waals surface area contributed by atoms with E-state index in [2.05, 4.69) is 51.4 Å². The summed E-state index contributed by atoms with van der Waals surface area (Å²) < 4.78 is 0. The van der Waals surface area contributed by atoms with Crippen molar-refractivity contribution >= 4 is 11.3 Å². The van der Waals surface area contributed by atoms with Gasteiger partial charge in [-0.15, -0.1) is 6.58 Å². The van der Waals surface area contributed by atoms with Crippen LogP contribution in [-0.4, -0.2) is 0 Å². The molecular formula is C32H41N. The van der Waals surface area contributed by atoms with Crippen LogP contribution in [0.2, 0.25) is 0 Å². The van der Waals surface area contributed by atoms with Crippen LogP contribution in [0.15, 0.2) is 128 Å². The predicted molar refractivity (Wildman–Crippen MR) is 152 cm³/mol. The van der Waals surface area contributed by atoms with E-state index < -0.39 is 0 Å². The molecule has 2 N–H and O–H groups in total.